The molecule has 3 saturated carbocycles. The molecule has 4 aliphatic rings. The van der Waals surface area contributed by atoms with E-state index in [1.54, 1.807) is 30.3 Å². The molecule has 0 aromatic heterocycles. The first-order valence-corrected chi connectivity index (χ1v) is 13.9. The van der Waals surface area contributed by atoms with Gasteiger partial charge in [-0.25, -0.2) is 8.42 Å². The third kappa shape index (κ3) is 3.49. The van der Waals surface area contributed by atoms with Crippen LogP contribution in [-0.4, -0.2) is 32.7 Å². The van der Waals surface area contributed by atoms with Crippen molar-refractivity contribution in [2.24, 2.45) is 34.5 Å². The summed E-state index contributed by atoms with van der Waals surface area (Å²) in [5.41, 5.74) is 0.310. The van der Waals surface area contributed by atoms with Crippen molar-refractivity contribution in [1.29, 1.82) is 0 Å². The molecule has 1 amide bonds. The number of benzene rings is 1. The summed E-state index contributed by atoms with van der Waals surface area (Å²) in [6.07, 6.45) is 10.9. The predicted octanol–water partition coefficient (Wildman–Crippen LogP) is 4.38. The second-order valence-electron chi connectivity index (χ2n) is 11.4. The van der Waals surface area contributed by atoms with Crippen LogP contribution in [0.15, 0.2) is 41.3 Å². The van der Waals surface area contributed by atoms with Gasteiger partial charge in [0.1, 0.15) is 5.75 Å². The Morgan fingerprint density at radius 1 is 1.09 bits per heavy atom. The molecule has 3 fully saturated rings. The first-order chi connectivity index (χ1) is 15.0. The SMILES string of the molecule is CC1CC2NC(=O)C=CC2(C)C2CCC3(C)CC(Oc4ccc(S(C)(=O)=O)cc4)CC3C12. The first kappa shape index (κ1) is 22.0. The van der Waals surface area contributed by atoms with Gasteiger partial charge in [0.05, 0.1) is 11.0 Å². The van der Waals surface area contributed by atoms with Gasteiger partial charge >= 0.3 is 0 Å². The van der Waals surface area contributed by atoms with Crippen molar-refractivity contribution in [1.82, 2.24) is 5.32 Å². The molecule has 32 heavy (non-hydrogen) atoms. The maximum atomic E-state index is 12.0. The fourth-order valence-corrected chi connectivity index (χ4v) is 8.36. The summed E-state index contributed by atoms with van der Waals surface area (Å²) in [7, 11) is -3.20. The minimum absolute atomic E-state index is 0.0346. The van der Waals surface area contributed by atoms with Crippen molar-refractivity contribution < 1.29 is 17.9 Å². The number of rotatable bonds is 3. The maximum Gasteiger partial charge on any atom is 0.243 e. The van der Waals surface area contributed by atoms with Gasteiger partial charge in [0.15, 0.2) is 9.84 Å². The van der Waals surface area contributed by atoms with E-state index in [1.165, 1.54) is 19.1 Å². The van der Waals surface area contributed by atoms with E-state index in [9.17, 15) is 13.2 Å². The lowest BCUT2D eigenvalue weighted by molar-refractivity contribution is -0.124. The van der Waals surface area contributed by atoms with Gasteiger partial charge in [-0.05, 0) is 91.5 Å². The van der Waals surface area contributed by atoms with Gasteiger partial charge in [-0.15, -0.1) is 0 Å². The number of fused-ring (bicyclic) bond motifs is 5. The van der Waals surface area contributed by atoms with Crippen molar-refractivity contribution in [2.75, 3.05) is 6.26 Å². The van der Waals surface area contributed by atoms with Gasteiger partial charge in [0.2, 0.25) is 5.91 Å². The van der Waals surface area contributed by atoms with E-state index < -0.39 is 9.84 Å². The average Bonchev–Trinajstić information content (AvgIpc) is 3.05. The molecule has 1 aromatic carbocycles. The Morgan fingerprint density at radius 2 is 1.81 bits per heavy atom. The zero-order valence-electron chi connectivity index (χ0n) is 19.5. The summed E-state index contributed by atoms with van der Waals surface area (Å²) in [4.78, 5) is 12.3. The topological polar surface area (TPSA) is 72.5 Å². The number of carbonyl (C=O) groups excluding carboxylic acids is 1. The number of amides is 1. The highest BCUT2D eigenvalue weighted by molar-refractivity contribution is 7.90. The molecule has 8 unspecified atom stereocenters. The third-order valence-electron chi connectivity index (χ3n) is 9.34. The van der Waals surface area contributed by atoms with Crippen molar-refractivity contribution >= 4 is 15.7 Å². The van der Waals surface area contributed by atoms with E-state index >= 15 is 0 Å². The highest BCUT2D eigenvalue weighted by atomic mass is 32.2. The molecule has 1 N–H and O–H groups in total. The molecule has 1 heterocycles. The molecule has 0 spiro atoms. The van der Waals surface area contributed by atoms with Crippen LogP contribution in [-0.2, 0) is 14.6 Å². The Bertz CT molecular complexity index is 1050. The highest BCUT2D eigenvalue weighted by Gasteiger charge is 2.60. The zero-order valence-corrected chi connectivity index (χ0v) is 20.3. The summed E-state index contributed by atoms with van der Waals surface area (Å²) in [6, 6.07) is 7.08. The zero-order chi connectivity index (χ0) is 22.9. The summed E-state index contributed by atoms with van der Waals surface area (Å²) in [6.45, 7) is 7.18. The fourth-order valence-electron chi connectivity index (χ4n) is 7.73. The van der Waals surface area contributed by atoms with E-state index in [2.05, 4.69) is 32.2 Å². The molecule has 174 valence electrons. The second kappa shape index (κ2) is 7.34. The van der Waals surface area contributed by atoms with E-state index in [0.29, 0.717) is 28.6 Å². The lowest BCUT2D eigenvalue weighted by Crippen LogP contribution is -2.61. The van der Waals surface area contributed by atoms with Crippen molar-refractivity contribution in [3.05, 3.63) is 36.4 Å². The minimum atomic E-state index is -3.20. The lowest BCUT2D eigenvalue weighted by Gasteiger charge is -2.60. The standard InChI is InChI=1S/C26H35NO4S/c1-16-13-22-26(3,12-10-23(28)27-22)20-9-11-25(2)15-18(14-21(25)24(16)20)31-17-5-7-19(8-6-17)32(4,29)30/h5-8,10,12,16,18,20-22,24H,9,11,13-15H2,1-4H3,(H,27,28). The van der Waals surface area contributed by atoms with Crippen LogP contribution in [0.5, 0.6) is 5.75 Å². The number of hydrogen-bond donors (Lipinski definition) is 1. The van der Waals surface area contributed by atoms with Crippen LogP contribution in [0.3, 0.4) is 0 Å². The van der Waals surface area contributed by atoms with Gasteiger partial charge in [-0.1, -0.05) is 26.8 Å². The van der Waals surface area contributed by atoms with Crippen LogP contribution in [0, 0.1) is 34.5 Å². The highest BCUT2D eigenvalue weighted by Crippen LogP contribution is 2.64. The Morgan fingerprint density at radius 3 is 2.50 bits per heavy atom. The summed E-state index contributed by atoms with van der Waals surface area (Å²) in [5.74, 6) is 3.20. The van der Waals surface area contributed by atoms with E-state index in [4.69, 9.17) is 4.74 Å². The maximum absolute atomic E-state index is 12.0. The largest absolute Gasteiger partial charge is 0.490 e. The molecular weight excluding hydrogens is 422 g/mol. The number of sulfone groups is 1. The Balaban J connectivity index is 1.37. The average molecular weight is 458 g/mol. The van der Waals surface area contributed by atoms with Gasteiger partial charge in [-0.2, -0.15) is 0 Å². The lowest BCUT2D eigenvalue weighted by atomic mass is 9.46. The van der Waals surface area contributed by atoms with Crippen LogP contribution in [0.4, 0.5) is 0 Å². The van der Waals surface area contributed by atoms with Crippen LogP contribution in [0.2, 0.25) is 0 Å². The predicted molar refractivity (Wildman–Crippen MR) is 124 cm³/mol. The van der Waals surface area contributed by atoms with Gasteiger partial charge in [0, 0.05) is 17.7 Å². The molecule has 0 radical (unpaired) electrons. The van der Waals surface area contributed by atoms with E-state index in [-0.39, 0.29) is 28.9 Å². The van der Waals surface area contributed by atoms with Gasteiger partial charge < -0.3 is 10.1 Å². The first-order valence-electron chi connectivity index (χ1n) is 12.0. The molecule has 6 heteroatoms. The summed E-state index contributed by atoms with van der Waals surface area (Å²) < 4.78 is 29.9. The summed E-state index contributed by atoms with van der Waals surface area (Å²) in [5, 5.41) is 3.25. The van der Waals surface area contributed by atoms with Gasteiger partial charge in [-0.3, -0.25) is 4.79 Å². The molecule has 0 bridgehead atoms. The molecule has 1 aromatic rings. The number of nitrogens with one attached hydrogen (secondary N) is 1. The molecule has 1 aliphatic heterocycles. The van der Waals surface area contributed by atoms with Crippen molar-refractivity contribution in [3.8, 4) is 5.75 Å². The van der Waals surface area contributed by atoms with Crippen molar-refractivity contribution in [2.45, 2.75) is 69.9 Å². The Kier molecular flexibility index (Phi) is 5.05. The van der Waals surface area contributed by atoms with Crippen LogP contribution >= 0.6 is 0 Å². The van der Waals surface area contributed by atoms with Crippen LogP contribution in [0.1, 0.15) is 52.9 Å². The molecule has 3 aliphatic carbocycles. The van der Waals surface area contributed by atoms with E-state index in [0.717, 1.165) is 25.0 Å². The summed E-state index contributed by atoms with van der Waals surface area (Å²) >= 11 is 0. The quantitative estimate of drug-likeness (QED) is 0.731. The van der Waals surface area contributed by atoms with Crippen molar-refractivity contribution in [3.63, 3.8) is 0 Å². The fraction of sp³-hybridized carbons (Fsp3) is 0.654. The monoisotopic (exact) mass is 457 g/mol. The van der Waals surface area contributed by atoms with Crippen LogP contribution < -0.4 is 10.1 Å². The number of hydrogen-bond acceptors (Lipinski definition) is 4. The molecule has 0 saturated heterocycles. The number of carbonyl (C=O) groups is 1. The molecule has 5 rings (SSSR count). The molecular formula is C26H35NO4S. The van der Waals surface area contributed by atoms with E-state index in [1.807, 2.05) is 0 Å². The van der Waals surface area contributed by atoms with Gasteiger partial charge in [0.25, 0.3) is 0 Å². The molecule has 8 atom stereocenters. The Labute approximate surface area is 191 Å². The third-order valence-corrected chi connectivity index (χ3v) is 10.5. The smallest absolute Gasteiger partial charge is 0.243 e. The minimum Gasteiger partial charge on any atom is -0.490 e. The normalized spacial score (nSPS) is 43.1. The molecule has 5 nitrogen and oxygen atoms in total. The Hall–Kier alpha value is -1.82. The number of ether oxygens (including phenoxy) is 1. The second-order valence-corrected chi connectivity index (χ2v) is 13.4. The van der Waals surface area contributed by atoms with Crippen LogP contribution in [0.25, 0.3) is 0 Å².